The van der Waals surface area contributed by atoms with Gasteiger partial charge in [-0.3, -0.25) is 14.4 Å². The molecule has 1 unspecified atom stereocenters. The van der Waals surface area contributed by atoms with Gasteiger partial charge in [0.25, 0.3) is 0 Å². The largest absolute Gasteiger partial charge is 0.467 e. The topological polar surface area (TPSA) is 76.2 Å². The summed E-state index contributed by atoms with van der Waals surface area (Å²) >= 11 is 1.77. The third-order valence-corrected chi connectivity index (χ3v) is 7.39. The molecule has 1 aromatic carbocycles. The van der Waals surface area contributed by atoms with E-state index in [2.05, 4.69) is 51.0 Å². The Labute approximate surface area is 186 Å². The summed E-state index contributed by atoms with van der Waals surface area (Å²) in [5.74, 6) is 2.25. The molecular weight excluding hydrogens is 410 g/mol. The molecule has 0 aliphatic carbocycles. The van der Waals surface area contributed by atoms with E-state index >= 15 is 0 Å². The number of fused-ring (bicyclic) bond motifs is 3. The van der Waals surface area contributed by atoms with Crippen LogP contribution in [0.5, 0.6) is 0 Å². The van der Waals surface area contributed by atoms with Crippen molar-refractivity contribution in [1.82, 2.24) is 25.2 Å². The Morgan fingerprint density at radius 2 is 2.13 bits per heavy atom. The highest BCUT2D eigenvalue weighted by molar-refractivity contribution is 7.98. The minimum atomic E-state index is 0.0635. The molecule has 6 rings (SSSR count). The SMILES string of the molecule is O=C(NCc1ccco1)[C@H]1CN2CC[C@H]1C[C@@H]2Cn1cc(CSc2ccccc2)nn1. The third-order valence-electron chi connectivity index (χ3n) is 6.35. The van der Waals surface area contributed by atoms with E-state index in [1.807, 2.05) is 22.9 Å². The van der Waals surface area contributed by atoms with Crippen LogP contribution in [0.25, 0.3) is 0 Å². The molecule has 0 spiro atoms. The maximum absolute atomic E-state index is 12.7. The molecule has 5 heterocycles. The van der Waals surface area contributed by atoms with Crippen molar-refractivity contribution in [3.05, 3.63) is 66.4 Å². The fraction of sp³-hybridized carbons (Fsp3) is 0.435. The van der Waals surface area contributed by atoms with E-state index in [0.29, 0.717) is 18.5 Å². The van der Waals surface area contributed by atoms with Gasteiger partial charge in [0.1, 0.15) is 5.76 Å². The first-order chi connectivity index (χ1) is 15.2. The maximum Gasteiger partial charge on any atom is 0.225 e. The van der Waals surface area contributed by atoms with Gasteiger partial charge in [0.05, 0.1) is 31.0 Å². The van der Waals surface area contributed by atoms with Crippen LogP contribution in [0.1, 0.15) is 24.3 Å². The molecule has 3 aliphatic heterocycles. The number of amides is 1. The standard InChI is InChI=1S/C23H27N5O2S/c29-23(24-12-20-5-4-10-30-20)22-15-27-9-8-17(22)11-19(27)14-28-13-18(25-26-28)16-31-21-6-2-1-3-7-21/h1-7,10,13,17,19,22H,8-9,11-12,14-16H2,(H,24,29)/t17-,19+,22-/m0/s1. The van der Waals surface area contributed by atoms with E-state index in [1.165, 1.54) is 4.90 Å². The third kappa shape index (κ3) is 4.85. The van der Waals surface area contributed by atoms with Crippen LogP contribution in [-0.4, -0.2) is 44.9 Å². The van der Waals surface area contributed by atoms with Crippen LogP contribution in [0.4, 0.5) is 0 Å². The van der Waals surface area contributed by atoms with Crippen molar-refractivity contribution in [1.29, 1.82) is 0 Å². The fourth-order valence-electron chi connectivity index (χ4n) is 4.73. The lowest BCUT2D eigenvalue weighted by molar-refractivity contribution is -0.133. The predicted molar refractivity (Wildman–Crippen MR) is 118 cm³/mol. The highest BCUT2D eigenvalue weighted by Crippen LogP contribution is 2.37. The van der Waals surface area contributed by atoms with Crippen LogP contribution >= 0.6 is 11.8 Å². The van der Waals surface area contributed by atoms with Crippen molar-refractivity contribution >= 4 is 17.7 Å². The average molecular weight is 438 g/mol. The number of furan rings is 1. The Morgan fingerprint density at radius 1 is 1.23 bits per heavy atom. The molecule has 4 atom stereocenters. The smallest absolute Gasteiger partial charge is 0.225 e. The van der Waals surface area contributed by atoms with E-state index in [1.54, 1.807) is 18.0 Å². The Balaban J connectivity index is 1.13. The van der Waals surface area contributed by atoms with Crippen LogP contribution in [0.2, 0.25) is 0 Å². The van der Waals surface area contributed by atoms with Gasteiger partial charge in [-0.1, -0.05) is 23.4 Å². The first-order valence-corrected chi connectivity index (χ1v) is 11.8. The first-order valence-electron chi connectivity index (χ1n) is 10.9. The number of aromatic nitrogens is 3. The second-order valence-corrected chi connectivity index (χ2v) is 9.42. The van der Waals surface area contributed by atoms with Gasteiger partial charge in [-0.25, -0.2) is 0 Å². The molecule has 162 valence electrons. The van der Waals surface area contributed by atoms with E-state index in [9.17, 15) is 4.79 Å². The second-order valence-electron chi connectivity index (χ2n) is 8.37. The molecule has 3 aromatic rings. The van der Waals surface area contributed by atoms with Gasteiger partial charge >= 0.3 is 0 Å². The highest BCUT2D eigenvalue weighted by Gasteiger charge is 2.43. The lowest BCUT2D eigenvalue weighted by atomic mass is 9.75. The Morgan fingerprint density at radius 3 is 2.90 bits per heavy atom. The Hall–Kier alpha value is -2.58. The zero-order valence-electron chi connectivity index (χ0n) is 17.4. The number of piperidine rings is 3. The number of benzene rings is 1. The van der Waals surface area contributed by atoms with Crippen molar-refractivity contribution in [3.63, 3.8) is 0 Å². The van der Waals surface area contributed by atoms with Crippen LogP contribution in [-0.2, 0) is 23.6 Å². The predicted octanol–water partition coefficient (Wildman–Crippen LogP) is 3.19. The number of carbonyl (C=O) groups excluding carboxylic acids is 1. The molecule has 0 saturated carbocycles. The summed E-state index contributed by atoms with van der Waals surface area (Å²) in [6, 6.07) is 14.5. The van der Waals surface area contributed by atoms with Crippen molar-refractivity contribution in [2.45, 2.75) is 42.6 Å². The maximum atomic E-state index is 12.7. The van der Waals surface area contributed by atoms with Crippen molar-refractivity contribution in [2.75, 3.05) is 13.1 Å². The average Bonchev–Trinajstić information content (AvgIpc) is 3.49. The van der Waals surface area contributed by atoms with Crippen molar-refractivity contribution in [2.24, 2.45) is 11.8 Å². The molecule has 7 nitrogen and oxygen atoms in total. The number of rotatable bonds is 8. The lowest BCUT2D eigenvalue weighted by Crippen LogP contribution is -2.57. The molecular formula is C23H27N5O2S. The summed E-state index contributed by atoms with van der Waals surface area (Å²) in [6.07, 6.45) is 5.82. The quantitative estimate of drug-likeness (QED) is 0.546. The molecule has 3 saturated heterocycles. The van der Waals surface area contributed by atoms with Gasteiger partial charge in [-0.05, 0) is 49.6 Å². The van der Waals surface area contributed by atoms with Gasteiger partial charge in [0, 0.05) is 29.4 Å². The number of thioether (sulfide) groups is 1. The van der Waals surface area contributed by atoms with E-state index < -0.39 is 0 Å². The number of nitrogens with one attached hydrogen (secondary N) is 1. The summed E-state index contributed by atoms with van der Waals surface area (Å²) in [4.78, 5) is 16.4. The van der Waals surface area contributed by atoms with Crippen molar-refractivity contribution < 1.29 is 9.21 Å². The van der Waals surface area contributed by atoms with Crippen LogP contribution in [0, 0.1) is 11.8 Å². The molecule has 0 radical (unpaired) electrons. The monoisotopic (exact) mass is 437 g/mol. The van der Waals surface area contributed by atoms with E-state index in [4.69, 9.17) is 4.42 Å². The molecule has 8 heteroatoms. The Bertz CT molecular complexity index is 991. The molecule has 3 fully saturated rings. The first kappa shape index (κ1) is 20.3. The normalized spacial score (nSPS) is 24.9. The van der Waals surface area contributed by atoms with Crippen LogP contribution in [0.3, 0.4) is 0 Å². The number of nitrogens with zero attached hydrogens (tertiary/aromatic N) is 4. The molecule has 31 heavy (non-hydrogen) atoms. The van der Waals surface area contributed by atoms with Gasteiger partial charge in [-0.15, -0.1) is 16.9 Å². The summed E-state index contributed by atoms with van der Waals surface area (Å²) in [6.45, 7) is 3.18. The lowest BCUT2D eigenvalue weighted by Gasteiger charge is -2.49. The van der Waals surface area contributed by atoms with Crippen molar-refractivity contribution in [3.8, 4) is 0 Å². The summed E-state index contributed by atoms with van der Waals surface area (Å²) < 4.78 is 7.29. The zero-order chi connectivity index (χ0) is 21.0. The van der Waals surface area contributed by atoms with E-state index in [0.717, 1.165) is 49.7 Å². The summed E-state index contributed by atoms with van der Waals surface area (Å²) in [5, 5.41) is 11.8. The molecule has 1 N–H and O–H groups in total. The molecule has 3 aliphatic rings. The molecule has 1 amide bonds. The minimum Gasteiger partial charge on any atom is -0.467 e. The van der Waals surface area contributed by atoms with Gasteiger partial charge < -0.3 is 9.73 Å². The Kier molecular flexibility index (Phi) is 6.08. The molecule has 2 aromatic heterocycles. The van der Waals surface area contributed by atoms with Gasteiger partial charge in [0.2, 0.25) is 5.91 Å². The molecule has 2 bridgehead atoms. The number of carbonyl (C=O) groups is 1. The van der Waals surface area contributed by atoms with Crippen LogP contribution in [0.15, 0.2) is 64.2 Å². The van der Waals surface area contributed by atoms with Gasteiger partial charge in [-0.2, -0.15) is 0 Å². The van der Waals surface area contributed by atoms with Crippen LogP contribution < -0.4 is 5.32 Å². The number of hydrogen-bond donors (Lipinski definition) is 1. The fourth-order valence-corrected chi connectivity index (χ4v) is 5.52. The second kappa shape index (κ2) is 9.28. The summed E-state index contributed by atoms with van der Waals surface area (Å²) in [7, 11) is 0. The zero-order valence-corrected chi connectivity index (χ0v) is 18.2. The van der Waals surface area contributed by atoms with Gasteiger partial charge in [0.15, 0.2) is 0 Å². The minimum absolute atomic E-state index is 0.0635. The summed E-state index contributed by atoms with van der Waals surface area (Å²) in [5.41, 5.74) is 1.00. The van der Waals surface area contributed by atoms with E-state index in [-0.39, 0.29) is 11.8 Å². The highest BCUT2D eigenvalue weighted by atomic mass is 32.2. The number of hydrogen-bond acceptors (Lipinski definition) is 6.